The zero-order valence-electron chi connectivity index (χ0n) is 10.9. The number of aliphatic hydroxyl groups excluding tert-OH is 1. The van der Waals surface area contributed by atoms with Gasteiger partial charge in [0.2, 0.25) is 5.91 Å². The van der Waals surface area contributed by atoms with Crippen molar-refractivity contribution in [2.45, 2.75) is 56.5 Å². The van der Waals surface area contributed by atoms with E-state index < -0.39 is 18.1 Å². The normalized spacial score (nSPS) is 39.0. The van der Waals surface area contributed by atoms with E-state index in [-0.39, 0.29) is 17.6 Å². The molecule has 5 atom stereocenters. The van der Waals surface area contributed by atoms with Gasteiger partial charge in [-0.25, -0.2) is 0 Å². The highest BCUT2D eigenvalue weighted by Crippen LogP contribution is 2.43. The number of primary amides is 1. The molecule has 0 radical (unpaired) electrons. The molecule has 0 aliphatic carbocycles. The Morgan fingerprint density at radius 1 is 1.72 bits per heavy atom. The Kier molecular flexibility index (Phi) is 3.37. The van der Waals surface area contributed by atoms with Gasteiger partial charge in [0.15, 0.2) is 0 Å². The van der Waals surface area contributed by atoms with E-state index in [2.05, 4.69) is 11.2 Å². The Balaban J connectivity index is 2.25. The molecule has 2 aliphatic rings. The molecule has 2 saturated heterocycles. The maximum atomic E-state index is 11.5. The number of terminal acetylenes is 1. The molecule has 5 heteroatoms. The van der Waals surface area contributed by atoms with Crippen LogP contribution in [0.3, 0.4) is 0 Å². The van der Waals surface area contributed by atoms with E-state index in [1.807, 2.05) is 11.8 Å². The molecule has 18 heavy (non-hydrogen) atoms. The second-order valence-corrected chi connectivity index (χ2v) is 5.35. The van der Waals surface area contributed by atoms with Crippen LogP contribution in [0, 0.1) is 12.3 Å². The Bertz CT molecular complexity index is 382. The molecular formula is C13H21N3O2. The number of likely N-dealkylation sites (tertiary alicyclic amines) is 1. The van der Waals surface area contributed by atoms with Crippen LogP contribution in [0.5, 0.6) is 0 Å². The Hall–Kier alpha value is -1.09. The van der Waals surface area contributed by atoms with Crippen LogP contribution in [0.2, 0.25) is 0 Å². The summed E-state index contributed by atoms with van der Waals surface area (Å²) in [5.74, 6) is 2.23. The van der Waals surface area contributed by atoms with Gasteiger partial charge in [-0.1, -0.05) is 5.92 Å². The maximum Gasteiger partial charge on any atom is 0.237 e. The molecule has 2 fully saturated rings. The first-order chi connectivity index (χ1) is 8.45. The van der Waals surface area contributed by atoms with E-state index >= 15 is 0 Å². The lowest BCUT2D eigenvalue weighted by Crippen LogP contribution is -2.82. The fraction of sp³-hybridized carbons (Fsp3) is 0.769. The monoisotopic (exact) mass is 251 g/mol. The minimum atomic E-state index is -0.820. The van der Waals surface area contributed by atoms with Gasteiger partial charge < -0.3 is 16.2 Å². The predicted molar refractivity (Wildman–Crippen MR) is 68.6 cm³/mol. The summed E-state index contributed by atoms with van der Waals surface area (Å²) in [7, 11) is 0. The van der Waals surface area contributed by atoms with Gasteiger partial charge in [0.25, 0.3) is 0 Å². The zero-order chi connectivity index (χ0) is 13.5. The quantitative estimate of drug-likeness (QED) is 0.565. The lowest BCUT2D eigenvalue weighted by Gasteiger charge is -2.61. The van der Waals surface area contributed by atoms with E-state index in [4.69, 9.17) is 12.2 Å². The van der Waals surface area contributed by atoms with Crippen LogP contribution in [-0.4, -0.2) is 52.2 Å². The fourth-order valence-corrected chi connectivity index (χ4v) is 3.55. The van der Waals surface area contributed by atoms with Gasteiger partial charge in [0.05, 0.1) is 17.7 Å². The molecule has 0 saturated carbocycles. The summed E-state index contributed by atoms with van der Waals surface area (Å²) < 4.78 is 0. The van der Waals surface area contributed by atoms with Gasteiger partial charge in [-0.3, -0.25) is 9.69 Å². The number of amides is 1. The van der Waals surface area contributed by atoms with Crippen LogP contribution in [0.15, 0.2) is 0 Å². The number of nitrogens with one attached hydrogen (secondary N) is 1. The highest BCUT2D eigenvalue weighted by atomic mass is 16.3. The first-order valence-electron chi connectivity index (χ1n) is 6.41. The van der Waals surface area contributed by atoms with Gasteiger partial charge in [-0.15, -0.1) is 6.42 Å². The summed E-state index contributed by atoms with van der Waals surface area (Å²) >= 11 is 0. The Morgan fingerprint density at radius 3 is 2.78 bits per heavy atom. The van der Waals surface area contributed by atoms with E-state index in [1.165, 1.54) is 0 Å². The van der Waals surface area contributed by atoms with Gasteiger partial charge >= 0.3 is 0 Å². The summed E-state index contributed by atoms with van der Waals surface area (Å²) in [6.45, 7) is 4.56. The summed E-state index contributed by atoms with van der Waals surface area (Å²) in [5, 5.41) is 13.2. The highest BCUT2D eigenvalue weighted by molar-refractivity contribution is 5.81. The molecule has 0 aromatic heterocycles. The molecule has 0 aromatic rings. The van der Waals surface area contributed by atoms with Crippen molar-refractivity contribution in [1.29, 1.82) is 0 Å². The number of carbonyl (C=O) groups excluding carboxylic acids is 1. The van der Waals surface area contributed by atoms with Crippen LogP contribution < -0.4 is 11.1 Å². The first kappa shape index (κ1) is 13.3. The Labute approximate surface area is 108 Å². The molecular weight excluding hydrogens is 230 g/mol. The number of hydrogen-bond acceptors (Lipinski definition) is 4. The van der Waals surface area contributed by atoms with Crippen molar-refractivity contribution in [3.63, 3.8) is 0 Å². The number of aliphatic hydroxyl groups is 1. The van der Waals surface area contributed by atoms with E-state index in [0.29, 0.717) is 0 Å². The topological polar surface area (TPSA) is 78.6 Å². The standard InChI is InChI=1S/C13H21N3O2/c1-4-10-13(6-5-7-15-13)9(3)16(10)11(8(2)17)12(14)18/h1,8-11,15,17H,5-7H2,2-3H3,(H2,14,18)/t8-,9?,10?,11+,13?/m1/s1. The predicted octanol–water partition coefficient (Wildman–Crippen LogP) is -0.951. The molecule has 2 heterocycles. The van der Waals surface area contributed by atoms with Crippen molar-refractivity contribution in [2.24, 2.45) is 5.73 Å². The average Bonchev–Trinajstić information content (AvgIpc) is 2.78. The third-order valence-electron chi connectivity index (χ3n) is 4.43. The SMILES string of the molecule is C#CC1N([C@H](C(N)=O)[C@@H](C)O)C(C)C12CCCN2. The molecule has 0 aromatic carbocycles. The van der Waals surface area contributed by atoms with E-state index in [1.54, 1.807) is 6.92 Å². The zero-order valence-corrected chi connectivity index (χ0v) is 10.9. The van der Waals surface area contributed by atoms with Gasteiger partial charge in [-0.2, -0.15) is 0 Å². The summed E-state index contributed by atoms with van der Waals surface area (Å²) in [6, 6.07) is -0.788. The molecule has 1 amide bonds. The van der Waals surface area contributed by atoms with Crippen LogP contribution in [0.1, 0.15) is 26.7 Å². The molecule has 1 spiro atoms. The molecule has 2 aliphatic heterocycles. The minimum absolute atomic E-state index is 0.105. The number of nitrogens with zero attached hydrogens (tertiary/aromatic N) is 1. The molecule has 2 rings (SSSR count). The molecule has 0 bridgehead atoms. The number of nitrogens with two attached hydrogens (primary N) is 1. The lowest BCUT2D eigenvalue weighted by atomic mass is 9.70. The smallest absolute Gasteiger partial charge is 0.237 e. The van der Waals surface area contributed by atoms with Crippen LogP contribution >= 0.6 is 0 Å². The van der Waals surface area contributed by atoms with Crippen molar-refractivity contribution in [3.8, 4) is 12.3 Å². The van der Waals surface area contributed by atoms with Crippen molar-refractivity contribution < 1.29 is 9.90 Å². The number of rotatable bonds is 3. The minimum Gasteiger partial charge on any atom is -0.391 e. The Morgan fingerprint density at radius 2 is 2.39 bits per heavy atom. The summed E-state index contributed by atoms with van der Waals surface area (Å²) in [6.07, 6.45) is 6.89. The van der Waals surface area contributed by atoms with Gasteiger partial charge in [0, 0.05) is 6.04 Å². The van der Waals surface area contributed by atoms with Crippen LogP contribution in [0.25, 0.3) is 0 Å². The number of hydrogen-bond donors (Lipinski definition) is 3. The molecule has 5 nitrogen and oxygen atoms in total. The third kappa shape index (κ3) is 1.64. The van der Waals surface area contributed by atoms with E-state index in [0.717, 1.165) is 19.4 Å². The number of carbonyl (C=O) groups is 1. The lowest BCUT2D eigenvalue weighted by molar-refractivity contribution is -0.146. The van der Waals surface area contributed by atoms with Crippen molar-refractivity contribution in [2.75, 3.05) is 6.54 Å². The maximum absolute atomic E-state index is 11.5. The second-order valence-electron chi connectivity index (χ2n) is 5.35. The largest absolute Gasteiger partial charge is 0.391 e. The average molecular weight is 251 g/mol. The molecule has 3 unspecified atom stereocenters. The van der Waals surface area contributed by atoms with Crippen molar-refractivity contribution in [3.05, 3.63) is 0 Å². The second kappa shape index (κ2) is 4.54. The first-order valence-corrected chi connectivity index (χ1v) is 6.41. The third-order valence-corrected chi connectivity index (χ3v) is 4.43. The van der Waals surface area contributed by atoms with Gasteiger partial charge in [-0.05, 0) is 33.2 Å². The van der Waals surface area contributed by atoms with Crippen LogP contribution in [-0.2, 0) is 4.79 Å². The molecule has 100 valence electrons. The van der Waals surface area contributed by atoms with Crippen molar-refractivity contribution >= 4 is 5.91 Å². The fourth-order valence-electron chi connectivity index (χ4n) is 3.55. The summed E-state index contributed by atoms with van der Waals surface area (Å²) in [4.78, 5) is 13.4. The van der Waals surface area contributed by atoms with Gasteiger partial charge in [0.1, 0.15) is 6.04 Å². The van der Waals surface area contributed by atoms with E-state index in [9.17, 15) is 9.90 Å². The van der Waals surface area contributed by atoms with Crippen LogP contribution in [0.4, 0.5) is 0 Å². The molecule has 4 N–H and O–H groups in total. The van der Waals surface area contributed by atoms with Crippen molar-refractivity contribution in [1.82, 2.24) is 10.2 Å². The summed E-state index contributed by atoms with van der Waals surface area (Å²) in [5.41, 5.74) is 5.27. The highest BCUT2D eigenvalue weighted by Gasteiger charge is 2.61.